The van der Waals surface area contributed by atoms with Crippen LogP contribution in [0.5, 0.6) is 0 Å². The Morgan fingerprint density at radius 1 is 1.15 bits per heavy atom. The van der Waals surface area contributed by atoms with E-state index in [1.54, 1.807) is 0 Å². The highest BCUT2D eigenvalue weighted by Crippen LogP contribution is 2.40. The third-order valence-corrected chi connectivity index (χ3v) is 12.2. The largest absolute Gasteiger partial charge is 0.346 e. The Morgan fingerprint density at radius 3 is 2.40 bits per heavy atom. The van der Waals surface area contributed by atoms with Crippen molar-refractivity contribution in [1.29, 1.82) is 0 Å². The molecule has 1 saturated heterocycles. The van der Waals surface area contributed by atoms with Gasteiger partial charge in [-0.15, -0.1) is 18.9 Å². The summed E-state index contributed by atoms with van der Waals surface area (Å²) in [6, 6.07) is -1.67. The topological polar surface area (TPSA) is 187 Å². The zero-order chi connectivity index (χ0) is 39.6. The maximum absolute atomic E-state index is 14.7. The van der Waals surface area contributed by atoms with Crippen LogP contribution in [0, 0.1) is 29.1 Å². The number of nitrogens with one attached hydrogen (secondary N) is 4. The van der Waals surface area contributed by atoms with Crippen LogP contribution < -0.4 is 21.3 Å². The second-order valence-electron chi connectivity index (χ2n) is 15.4. The molecule has 5 amide bonds. The Hall–Kier alpha value is -4.29. The lowest BCUT2D eigenvalue weighted by Gasteiger charge is -2.43. The van der Waals surface area contributed by atoms with E-state index in [9.17, 15) is 32.4 Å². The number of sulfonamides is 1. The first-order chi connectivity index (χ1) is 24.9. The predicted octanol–water partition coefficient (Wildman–Crippen LogP) is 2.76. The number of likely N-dealkylation sites (tertiary alicyclic amines) is 1. The normalized spacial score (nSPS) is 20.3. The van der Waals surface area contributed by atoms with Crippen LogP contribution in [0.1, 0.15) is 86.0 Å². The van der Waals surface area contributed by atoms with Gasteiger partial charge in [0.25, 0.3) is 5.91 Å². The summed E-state index contributed by atoms with van der Waals surface area (Å²) in [5, 5.41) is 11.0. The van der Waals surface area contributed by atoms with Crippen LogP contribution in [0.2, 0.25) is 0 Å². The fourth-order valence-corrected chi connectivity index (χ4v) is 8.16. The van der Waals surface area contributed by atoms with E-state index in [-0.39, 0.29) is 31.0 Å². The molecular formula is C38H57N7O7S. The quantitative estimate of drug-likeness (QED) is 0.113. The summed E-state index contributed by atoms with van der Waals surface area (Å²) in [6.07, 6.45) is 15.0. The number of Topliss-reactive ketones (excluding diaryl/α,β-unsaturated/α-hetero) is 1. The van der Waals surface area contributed by atoms with Crippen LogP contribution in [-0.4, -0.2) is 103 Å². The van der Waals surface area contributed by atoms with Gasteiger partial charge >= 0.3 is 6.03 Å². The van der Waals surface area contributed by atoms with Crippen molar-refractivity contribution in [2.45, 2.75) is 115 Å². The summed E-state index contributed by atoms with van der Waals surface area (Å²) in [5.74, 6) is -0.827. The molecule has 0 aromatic carbocycles. The lowest BCUT2D eigenvalue weighted by atomic mass is 9.70. The molecule has 2 heterocycles. The van der Waals surface area contributed by atoms with Crippen molar-refractivity contribution >= 4 is 39.6 Å². The van der Waals surface area contributed by atoms with Gasteiger partial charge in [-0.3, -0.25) is 24.2 Å². The first-order valence-corrected chi connectivity index (χ1v) is 19.8. The van der Waals surface area contributed by atoms with Crippen LogP contribution >= 0.6 is 0 Å². The summed E-state index contributed by atoms with van der Waals surface area (Å²) in [7, 11) is -2.48. The molecule has 53 heavy (non-hydrogen) atoms. The second kappa shape index (κ2) is 18.6. The average molecular weight is 756 g/mol. The van der Waals surface area contributed by atoms with Crippen molar-refractivity contribution in [3.8, 4) is 12.3 Å². The first-order valence-electron chi connectivity index (χ1n) is 18.3. The van der Waals surface area contributed by atoms with Gasteiger partial charge < -0.3 is 26.2 Å². The highest BCUT2D eigenvalue weighted by molar-refractivity contribution is 7.89. The number of carbonyl (C=O) groups is 5. The van der Waals surface area contributed by atoms with Gasteiger partial charge in [-0.25, -0.2) is 13.2 Å². The molecule has 4 N–H and O–H groups in total. The molecule has 1 aromatic rings. The molecule has 0 radical (unpaired) electrons. The van der Waals surface area contributed by atoms with E-state index in [1.807, 2.05) is 34.6 Å². The predicted molar refractivity (Wildman–Crippen MR) is 201 cm³/mol. The number of ketones is 1. The number of carbonyl (C=O) groups excluding carboxylic acids is 5. The number of hydrogen-bond acceptors (Lipinski definition) is 8. The molecule has 2 aliphatic rings. The highest BCUT2D eigenvalue weighted by Gasteiger charge is 2.49. The monoisotopic (exact) mass is 755 g/mol. The highest BCUT2D eigenvalue weighted by atomic mass is 32.2. The van der Waals surface area contributed by atoms with Gasteiger partial charge in [0, 0.05) is 45.1 Å². The van der Waals surface area contributed by atoms with Crippen molar-refractivity contribution < 1.29 is 32.4 Å². The third-order valence-electron chi connectivity index (χ3n) is 10.4. The molecule has 1 unspecified atom stereocenters. The van der Waals surface area contributed by atoms with Gasteiger partial charge in [-0.1, -0.05) is 66.4 Å². The Bertz CT molecular complexity index is 1630. The van der Waals surface area contributed by atoms with Gasteiger partial charge in [0.05, 0.1) is 12.0 Å². The maximum Gasteiger partial charge on any atom is 0.315 e. The van der Waals surface area contributed by atoms with Crippen molar-refractivity contribution in [3.05, 3.63) is 37.2 Å². The van der Waals surface area contributed by atoms with E-state index >= 15 is 0 Å². The zero-order valence-electron chi connectivity index (χ0n) is 31.9. The van der Waals surface area contributed by atoms with Gasteiger partial charge in [-0.05, 0) is 48.6 Å². The standard InChI is InChI=1S/C38H57N7O7S/c1-9-16-28(31(46)34(48)40-21-10-2)41-33(47)30-26(11-3)18-23-45(30)35(49)32(38(7)19-13-12-14-20-38)43-36(50)42-29(37(4,5)6)25-44(8)53(51,52)27-17-15-22-39-24-27/h3,10,15,17,22,24,26,28-30,32H,2,9,12-14,16,18-21,23,25H2,1,4-8H3,(H,40,48)(H,41,47)(H2,42,43,50)/t26-,28?,29+,30-,32+/m0/s1. The molecule has 1 aliphatic carbocycles. The molecule has 1 saturated carbocycles. The fourth-order valence-electron chi connectivity index (χ4n) is 7.01. The van der Waals surface area contributed by atoms with Gasteiger partial charge in [0.1, 0.15) is 17.0 Å². The minimum atomic E-state index is -3.92. The molecule has 1 aliphatic heterocycles. The first kappa shape index (κ1) is 43.1. The Labute approximate surface area is 314 Å². The number of urea groups is 1. The third kappa shape index (κ3) is 10.9. The molecule has 14 nitrogen and oxygen atoms in total. The van der Waals surface area contributed by atoms with Gasteiger partial charge in [0.2, 0.25) is 27.6 Å². The Morgan fingerprint density at radius 2 is 1.83 bits per heavy atom. The Balaban J connectivity index is 1.89. The molecule has 1 aromatic heterocycles. The fraction of sp³-hybridized carbons (Fsp3) is 0.632. The molecular weight excluding hydrogens is 699 g/mol. The number of terminal acetylenes is 1. The molecule has 15 heteroatoms. The summed E-state index contributed by atoms with van der Waals surface area (Å²) in [5.41, 5.74) is -1.26. The zero-order valence-corrected chi connectivity index (χ0v) is 32.8. The maximum atomic E-state index is 14.7. The molecule has 2 fully saturated rings. The van der Waals surface area contributed by atoms with Crippen LogP contribution in [0.3, 0.4) is 0 Å². The lowest BCUT2D eigenvalue weighted by Crippen LogP contribution is -2.63. The number of likely N-dealkylation sites (N-methyl/N-ethyl adjacent to an activating group) is 1. The van der Waals surface area contributed by atoms with E-state index < -0.39 is 80.5 Å². The van der Waals surface area contributed by atoms with E-state index in [2.05, 4.69) is 38.8 Å². The number of aromatic nitrogens is 1. The smallest absolute Gasteiger partial charge is 0.315 e. The molecule has 0 spiro atoms. The summed E-state index contributed by atoms with van der Waals surface area (Å²) >= 11 is 0. The van der Waals surface area contributed by atoms with E-state index in [0.29, 0.717) is 25.7 Å². The number of rotatable bonds is 16. The van der Waals surface area contributed by atoms with E-state index in [1.165, 1.54) is 46.9 Å². The van der Waals surface area contributed by atoms with Crippen molar-refractivity contribution in [1.82, 2.24) is 35.5 Å². The van der Waals surface area contributed by atoms with Crippen LogP contribution in [0.4, 0.5) is 4.79 Å². The van der Waals surface area contributed by atoms with Gasteiger partial charge in [0.15, 0.2) is 0 Å². The van der Waals surface area contributed by atoms with E-state index in [0.717, 1.165) is 19.3 Å². The minimum absolute atomic E-state index is 0.0197. The van der Waals surface area contributed by atoms with E-state index in [4.69, 9.17) is 6.42 Å². The number of pyridine rings is 1. The second-order valence-corrected chi connectivity index (χ2v) is 17.5. The van der Waals surface area contributed by atoms with Crippen LogP contribution in [0.15, 0.2) is 42.1 Å². The van der Waals surface area contributed by atoms with Gasteiger partial charge in [-0.2, -0.15) is 4.31 Å². The lowest BCUT2D eigenvalue weighted by molar-refractivity contribution is -0.145. The average Bonchev–Trinajstić information content (AvgIpc) is 3.56. The SMILES string of the molecule is C#C[C@H]1CCN(C(=O)[C@@H](NC(=O)N[C@H](CN(C)S(=O)(=O)c2cccnc2)C(C)(C)C)C2(C)CCCCC2)[C@@H]1C(=O)NC(CCC)C(=O)C(=O)NCC=C. The van der Waals surface area contributed by atoms with Crippen molar-refractivity contribution in [3.63, 3.8) is 0 Å². The minimum Gasteiger partial charge on any atom is -0.346 e. The Kier molecular flexibility index (Phi) is 15.2. The molecule has 3 rings (SSSR count). The van der Waals surface area contributed by atoms with Crippen molar-refractivity contribution in [2.24, 2.45) is 16.7 Å². The molecule has 292 valence electrons. The summed E-state index contributed by atoms with van der Waals surface area (Å²) in [6.45, 7) is 13.1. The van der Waals surface area contributed by atoms with Crippen LogP contribution in [0.25, 0.3) is 0 Å². The number of amides is 5. The number of hydrogen-bond donors (Lipinski definition) is 4. The summed E-state index contributed by atoms with van der Waals surface area (Å²) < 4.78 is 27.8. The molecule has 0 bridgehead atoms. The summed E-state index contributed by atoms with van der Waals surface area (Å²) in [4.78, 5) is 73.4. The van der Waals surface area contributed by atoms with Crippen LogP contribution in [-0.2, 0) is 29.2 Å². The molecule has 5 atom stereocenters. The number of nitrogens with zero attached hydrogens (tertiary/aromatic N) is 3. The van der Waals surface area contributed by atoms with Crippen molar-refractivity contribution in [2.75, 3.05) is 26.7 Å².